The number of hydrogen-bond acceptors (Lipinski definition) is 5. The summed E-state index contributed by atoms with van der Waals surface area (Å²) < 4.78 is 12.8. The lowest BCUT2D eigenvalue weighted by molar-refractivity contribution is -0.145. The van der Waals surface area contributed by atoms with Crippen molar-refractivity contribution in [1.82, 2.24) is 9.55 Å². The van der Waals surface area contributed by atoms with E-state index in [1.165, 1.54) is 10.8 Å². The van der Waals surface area contributed by atoms with Crippen molar-refractivity contribution in [2.45, 2.75) is 38.2 Å². The molecule has 1 aromatic rings. The predicted molar refractivity (Wildman–Crippen MR) is 69.5 cm³/mol. The van der Waals surface area contributed by atoms with Crippen LogP contribution in [-0.4, -0.2) is 39.6 Å². The van der Waals surface area contributed by atoms with E-state index >= 15 is 0 Å². The third-order valence-electron chi connectivity index (χ3n) is 4.34. The number of rotatable bonds is 2. The zero-order valence-electron chi connectivity index (χ0n) is 11.5. The Bertz CT molecular complexity index is 636. The lowest BCUT2D eigenvalue weighted by Gasteiger charge is -2.34. The van der Waals surface area contributed by atoms with Crippen molar-refractivity contribution in [2.75, 3.05) is 13.2 Å². The fourth-order valence-electron chi connectivity index (χ4n) is 3.04. The van der Waals surface area contributed by atoms with E-state index in [9.17, 15) is 14.7 Å². The topological polar surface area (TPSA) is 93.6 Å². The molecule has 1 unspecified atom stereocenters. The second-order valence-electron chi connectivity index (χ2n) is 5.53. The molecule has 110 valence electrons. The molecule has 0 amide bonds. The SMILES string of the molecule is CC[C@@]12COCC([C@H](n3cc(C)c(=O)[nH]c3=O)O1)[C@H]2O. The van der Waals surface area contributed by atoms with Crippen molar-refractivity contribution in [2.24, 2.45) is 5.92 Å². The van der Waals surface area contributed by atoms with Crippen LogP contribution >= 0.6 is 0 Å². The van der Waals surface area contributed by atoms with E-state index in [1.807, 2.05) is 6.92 Å². The zero-order valence-corrected chi connectivity index (χ0v) is 11.5. The Morgan fingerprint density at radius 1 is 1.55 bits per heavy atom. The van der Waals surface area contributed by atoms with Crippen LogP contribution in [0.3, 0.4) is 0 Å². The molecule has 3 heterocycles. The van der Waals surface area contributed by atoms with Gasteiger partial charge in [-0.2, -0.15) is 0 Å². The van der Waals surface area contributed by atoms with Crippen LogP contribution in [-0.2, 0) is 9.47 Å². The highest BCUT2D eigenvalue weighted by Gasteiger charge is 2.57. The number of aliphatic hydroxyl groups is 1. The van der Waals surface area contributed by atoms with Gasteiger partial charge in [0.25, 0.3) is 5.56 Å². The van der Waals surface area contributed by atoms with Gasteiger partial charge < -0.3 is 14.6 Å². The molecule has 0 saturated carbocycles. The quantitative estimate of drug-likeness (QED) is 0.765. The number of aliphatic hydroxyl groups excluding tert-OH is 1. The zero-order chi connectivity index (χ0) is 14.5. The average Bonchev–Trinajstić information content (AvgIpc) is 2.60. The molecule has 2 aliphatic rings. The molecular formula is C13H18N2O5. The standard InChI is InChI=1S/C13H18N2O5/c1-3-13-6-19-5-8(9(13)16)11(20-13)15-4-7(2)10(17)14-12(15)18/h4,8-9,11,16H,3,5-6H2,1-2H3,(H,14,17,18)/t8?,9-,11-,13+/m1/s1. The first-order chi connectivity index (χ1) is 9.48. The number of H-pyrrole nitrogens is 1. The minimum atomic E-state index is -0.767. The minimum absolute atomic E-state index is 0.313. The van der Waals surface area contributed by atoms with Gasteiger partial charge in [0, 0.05) is 11.8 Å². The number of aromatic amines is 1. The molecular weight excluding hydrogens is 264 g/mol. The van der Waals surface area contributed by atoms with Gasteiger partial charge in [0.05, 0.1) is 25.2 Å². The van der Waals surface area contributed by atoms with Gasteiger partial charge >= 0.3 is 5.69 Å². The second-order valence-corrected chi connectivity index (χ2v) is 5.53. The molecule has 7 heteroatoms. The summed E-state index contributed by atoms with van der Waals surface area (Å²) in [4.78, 5) is 25.7. The lowest BCUT2D eigenvalue weighted by atomic mass is 9.86. The molecule has 2 bridgehead atoms. The van der Waals surface area contributed by atoms with Crippen LogP contribution in [0.5, 0.6) is 0 Å². The smallest absolute Gasteiger partial charge is 0.330 e. The van der Waals surface area contributed by atoms with Gasteiger partial charge in [0.15, 0.2) is 0 Å². The summed E-state index contributed by atoms with van der Waals surface area (Å²) >= 11 is 0. The molecule has 4 atom stereocenters. The Morgan fingerprint density at radius 2 is 2.30 bits per heavy atom. The van der Waals surface area contributed by atoms with E-state index < -0.39 is 29.2 Å². The maximum Gasteiger partial charge on any atom is 0.330 e. The molecule has 7 nitrogen and oxygen atoms in total. The molecule has 3 rings (SSSR count). The first-order valence-electron chi connectivity index (χ1n) is 6.74. The van der Waals surface area contributed by atoms with Crippen molar-refractivity contribution in [3.63, 3.8) is 0 Å². The highest BCUT2D eigenvalue weighted by molar-refractivity contribution is 5.06. The Morgan fingerprint density at radius 3 is 2.95 bits per heavy atom. The first-order valence-corrected chi connectivity index (χ1v) is 6.74. The van der Waals surface area contributed by atoms with Crippen molar-refractivity contribution in [3.05, 3.63) is 32.6 Å². The van der Waals surface area contributed by atoms with Gasteiger partial charge in [0.1, 0.15) is 11.8 Å². The van der Waals surface area contributed by atoms with Crippen LogP contribution in [0.2, 0.25) is 0 Å². The highest BCUT2D eigenvalue weighted by atomic mass is 16.6. The van der Waals surface area contributed by atoms with E-state index in [4.69, 9.17) is 9.47 Å². The lowest BCUT2D eigenvalue weighted by Crippen LogP contribution is -2.49. The van der Waals surface area contributed by atoms with Gasteiger partial charge in [-0.15, -0.1) is 0 Å². The number of nitrogens with one attached hydrogen (secondary N) is 1. The van der Waals surface area contributed by atoms with Crippen LogP contribution in [0, 0.1) is 12.8 Å². The van der Waals surface area contributed by atoms with Gasteiger partial charge in [-0.25, -0.2) is 4.79 Å². The van der Waals surface area contributed by atoms with Crippen molar-refractivity contribution in [1.29, 1.82) is 0 Å². The maximum absolute atomic E-state index is 12.0. The largest absolute Gasteiger partial charge is 0.389 e. The highest BCUT2D eigenvalue weighted by Crippen LogP contribution is 2.46. The van der Waals surface area contributed by atoms with Gasteiger partial charge in [0.2, 0.25) is 0 Å². The molecule has 1 aromatic heterocycles. The molecule has 0 radical (unpaired) electrons. The van der Waals surface area contributed by atoms with Crippen LogP contribution in [0.4, 0.5) is 0 Å². The normalized spacial score (nSPS) is 36.2. The molecule has 0 aromatic carbocycles. The summed E-state index contributed by atoms with van der Waals surface area (Å²) in [6.07, 6.45) is 0.779. The first kappa shape index (κ1) is 13.5. The molecule has 20 heavy (non-hydrogen) atoms. The number of aromatic nitrogens is 2. The van der Waals surface area contributed by atoms with Crippen LogP contribution < -0.4 is 11.2 Å². The van der Waals surface area contributed by atoms with Gasteiger partial charge in [-0.05, 0) is 13.3 Å². The monoisotopic (exact) mass is 282 g/mol. The number of ether oxygens (including phenoxy) is 2. The summed E-state index contributed by atoms with van der Waals surface area (Å²) in [6.45, 7) is 4.18. The molecule has 2 aliphatic heterocycles. The summed E-state index contributed by atoms with van der Waals surface area (Å²) in [7, 11) is 0. The van der Waals surface area contributed by atoms with Gasteiger partial charge in [-0.3, -0.25) is 14.3 Å². The molecule has 2 N–H and O–H groups in total. The van der Waals surface area contributed by atoms with E-state index in [1.54, 1.807) is 6.92 Å². The Kier molecular flexibility index (Phi) is 3.07. The molecule has 2 fully saturated rings. The fourth-order valence-corrected chi connectivity index (χ4v) is 3.04. The number of fused-ring (bicyclic) bond motifs is 2. The van der Waals surface area contributed by atoms with Crippen LogP contribution in [0.1, 0.15) is 25.1 Å². The molecule has 0 aliphatic carbocycles. The van der Waals surface area contributed by atoms with Crippen molar-refractivity contribution >= 4 is 0 Å². The molecule has 2 saturated heterocycles. The second kappa shape index (κ2) is 4.54. The van der Waals surface area contributed by atoms with E-state index in [2.05, 4.69) is 4.98 Å². The number of hydrogen-bond donors (Lipinski definition) is 2. The van der Waals surface area contributed by atoms with Crippen molar-refractivity contribution < 1.29 is 14.6 Å². The number of nitrogens with zero attached hydrogens (tertiary/aromatic N) is 1. The fraction of sp³-hybridized carbons (Fsp3) is 0.692. The third-order valence-corrected chi connectivity index (χ3v) is 4.34. The van der Waals surface area contributed by atoms with Crippen molar-refractivity contribution in [3.8, 4) is 0 Å². The molecule has 0 spiro atoms. The number of aryl methyl sites for hydroxylation is 1. The summed E-state index contributed by atoms with van der Waals surface area (Å²) in [6, 6.07) is 0. The maximum atomic E-state index is 12.0. The van der Waals surface area contributed by atoms with Gasteiger partial charge in [-0.1, -0.05) is 6.92 Å². The Labute approximate surface area is 115 Å². The van der Waals surface area contributed by atoms with E-state index in [0.29, 0.717) is 25.2 Å². The summed E-state index contributed by atoms with van der Waals surface area (Å²) in [5.41, 5.74) is -1.28. The average molecular weight is 282 g/mol. The van der Waals surface area contributed by atoms with Crippen LogP contribution in [0.15, 0.2) is 15.8 Å². The predicted octanol–water partition coefficient (Wildman–Crippen LogP) is -0.470. The van der Waals surface area contributed by atoms with E-state index in [-0.39, 0.29) is 5.92 Å². The summed E-state index contributed by atoms with van der Waals surface area (Å²) in [5, 5.41) is 10.4. The Balaban J connectivity index is 2.06. The third kappa shape index (κ3) is 1.77. The minimum Gasteiger partial charge on any atom is -0.389 e. The Hall–Kier alpha value is -1.44. The van der Waals surface area contributed by atoms with Crippen LogP contribution in [0.25, 0.3) is 0 Å². The summed E-state index contributed by atoms with van der Waals surface area (Å²) in [5.74, 6) is -0.313. The van der Waals surface area contributed by atoms with E-state index in [0.717, 1.165) is 0 Å².